The number of aromatic nitrogens is 1. The van der Waals surface area contributed by atoms with Crippen molar-refractivity contribution >= 4 is 5.91 Å². The van der Waals surface area contributed by atoms with Crippen molar-refractivity contribution in [1.82, 2.24) is 14.8 Å². The lowest BCUT2D eigenvalue weighted by atomic mass is 10.1. The summed E-state index contributed by atoms with van der Waals surface area (Å²) in [4.78, 5) is 32.9. The molecule has 5 nitrogen and oxygen atoms in total. The molecule has 31 heavy (non-hydrogen) atoms. The average Bonchev–Trinajstić information content (AvgIpc) is 3.00. The molecule has 5 heteroatoms. The van der Waals surface area contributed by atoms with Crippen molar-refractivity contribution in [3.05, 3.63) is 93.3 Å². The fourth-order valence-corrected chi connectivity index (χ4v) is 4.15. The minimum atomic E-state index is -0.329. The Morgan fingerprint density at radius 2 is 1.77 bits per heavy atom. The van der Waals surface area contributed by atoms with E-state index >= 15 is 0 Å². The second-order valence-electron chi connectivity index (χ2n) is 8.33. The van der Waals surface area contributed by atoms with Crippen LogP contribution in [-0.4, -0.2) is 46.9 Å². The van der Waals surface area contributed by atoms with Gasteiger partial charge in [-0.05, 0) is 55.2 Å². The van der Waals surface area contributed by atoms with E-state index in [2.05, 4.69) is 41.1 Å². The van der Waals surface area contributed by atoms with Gasteiger partial charge < -0.3 is 9.88 Å². The Morgan fingerprint density at radius 1 is 0.935 bits per heavy atom. The number of hydrogen-bond acceptors (Lipinski definition) is 3. The maximum absolute atomic E-state index is 13.1. The number of carbonyl (C=O) groups is 1. The molecule has 2 heterocycles. The van der Waals surface area contributed by atoms with Crippen LogP contribution >= 0.6 is 0 Å². The van der Waals surface area contributed by atoms with Crippen LogP contribution in [0.4, 0.5) is 0 Å². The second-order valence-corrected chi connectivity index (χ2v) is 8.33. The molecule has 0 radical (unpaired) electrons. The molecule has 1 aliphatic rings. The minimum absolute atomic E-state index is 0.185. The van der Waals surface area contributed by atoms with Crippen LogP contribution in [0.25, 0.3) is 11.3 Å². The van der Waals surface area contributed by atoms with Crippen LogP contribution in [0.15, 0.2) is 65.5 Å². The van der Waals surface area contributed by atoms with E-state index in [0.29, 0.717) is 13.1 Å². The maximum atomic E-state index is 13.1. The van der Waals surface area contributed by atoms with E-state index in [9.17, 15) is 9.59 Å². The van der Waals surface area contributed by atoms with E-state index in [1.165, 1.54) is 11.1 Å². The van der Waals surface area contributed by atoms with Crippen molar-refractivity contribution in [2.45, 2.75) is 26.8 Å². The van der Waals surface area contributed by atoms with Crippen molar-refractivity contribution in [1.29, 1.82) is 0 Å². The Kier molecular flexibility index (Phi) is 6.33. The third-order valence-electron chi connectivity index (χ3n) is 6.00. The van der Waals surface area contributed by atoms with Gasteiger partial charge in [-0.3, -0.25) is 14.5 Å². The summed E-state index contributed by atoms with van der Waals surface area (Å²) in [6, 6.07) is 19.9. The molecule has 0 atom stereocenters. The molecule has 0 unspecified atom stereocenters. The standard InChI is InChI=1S/C26H29N3O2/c1-19-7-5-10-21(17-19)24-12-11-23(25(30)27-24)26(31)29-14-6-13-28(15-16-29)18-22-9-4-3-8-20(22)2/h3-5,7-12,17H,6,13-16,18H2,1-2H3,(H,27,30). The predicted molar refractivity (Wildman–Crippen MR) is 124 cm³/mol. The quantitative estimate of drug-likeness (QED) is 0.701. The third-order valence-corrected chi connectivity index (χ3v) is 6.00. The summed E-state index contributed by atoms with van der Waals surface area (Å²) >= 11 is 0. The summed E-state index contributed by atoms with van der Waals surface area (Å²) < 4.78 is 0. The smallest absolute Gasteiger partial charge is 0.261 e. The summed E-state index contributed by atoms with van der Waals surface area (Å²) in [5, 5.41) is 0. The number of rotatable bonds is 4. The molecular formula is C26H29N3O2. The van der Waals surface area contributed by atoms with E-state index in [0.717, 1.165) is 42.9 Å². The zero-order chi connectivity index (χ0) is 21.8. The highest BCUT2D eigenvalue weighted by Crippen LogP contribution is 2.18. The van der Waals surface area contributed by atoms with Crippen LogP contribution in [-0.2, 0) is 6.54 Å². The summed E-state index contributed by atoms with van der Waals surface area (Å²) in [6.07, 6.45) is 0.900. The highest BCUT2D eigenvalue weighted by Gasteiger charge is 2.22. The first-order chi connectivity index (χ1) is 15.0. The van der Waals surface area contributed by atoms with Gasteiger partial charge in [-0.1, -0.05) is 48.0 Å². The van der Waals surface area contributed by atoms with Crippen LogP contribution in [0.1, 0.15) is 33.5 Å². The molecular weight excluding hydrogens is 386 g/mol. The molecule has 4 rings (SSSR count). The van der Waals surface area contributed by atoms with E-state index < -0.39 is 0 Å². The SMILES string of the molecule is Cc1cccc(-c2ccc(C(=O)N3CCCN(Cc4ccccc4C)CC3)c(=O)[nH]2)c1. The minimum Gasteiger partial charge on any atom is -0.337 e. The molecule has 1 fully saturated rings. The molecule has 1 aromatic heterocycles. The lowest BCUT2D eigenvalue weighted by molar-refractivity contribution is 0.0759. The fraction of sp³-hybridized carbons (Fsp3) is 0.308. The van der Waals surface area contributed by atoms with Gasteiger partial charge in [-0.25, -0.2) is 0 Å². The molecule has 1 N–H and O–H groups in total. The summed E-state index contributed by atoms with van der Waals surface area (Å²) in [5.41, 5.74) is 5.29. The van der Waals surface area contributed by atoms with Crippen molar-refractivity contribution in [2.24, 2.45) is 0 Å². The molecule has 160 valence electrons. The zero-order valence-electron chi connectivity index (χ0n) is 18.2. The number of nitrogens with zero attached hydrogens (tertiary/aromatic N) is 2. The summed E-state index contributed by atoms with van der Waals surface area (Å²) in [6.45, 7) is 8.09. The Bertz CT molecular complexity index is 1140. The average molecular weight is 416 g/mol. The van der Waals surface area contributed by atoms with Crippen LogP contribution in [0.2, 0.25) is 0 Å². The number of carbonyl (C=O) groups excluding carboxylic acids is 1. The Balaban J connectivity index is 1.45. The first-order valence-corrected chi connectivity index (χ1v) is 10.9. The summed E-state index contributed by atoms with van der Waals surface area (Å²) in [7, 11) is 0. The van der Waals surface area contributed by atoms with E-state index in [1.807, 2.05) is 42.2 Å². The Labute approximate surface area is 183 Å². The molecule has 3 aromatic rings. The van der Waals surface area contributed by atoms with Gasteiger partial charge in [-0.15, -0.1) is 0 Å². The lowest BCUT2D eigenvalue weighted by Crippen LogP contribution is -2.37. The largest absolute Gasteiger partial charge is 0.337 e. The van der Waals surface area contributed by atoms with Crippen LogP contribution in [0.3, 0.4) is 0 Å². The van der Waals surface area contributed by atoms with E-state index in [1.54, 1.807) is 6.07 Å². The van der Waals surface area contributed by atoms with Crippen LogP contribution < -0.4 is 5.56 Å². The highest BCUT2D eigenvalue weighted by atomic mass is 16.2. The van der Waals surface area contributed by atoms with Gasteiger partial charge in [0.2, 0.25) is 0 Å². The van der Waals surface area contributed by atoms with Crippen molar-refractivity contribution in [3.63, 3.8) is 0 Å². The number of hydrogen-bond donors (Lipinski definition) is 1. The lowest BCUT2D eigenvalue weighted by Gasteiger charge is -2.22. The number of pyridine rings is 1. The first kappa shape index (κ1) is 21.1. The third kappa shape index (κ3) is 4.94. The van der Waals surface area contributed by atoms with Crippen molar-refractivity contribution in [3.8, 4) is 11.3 Å². The number of nitrogens with one attached hydrogen (secondary N) is 1. The highest BCUT2D eigenvalue weighted by molar-refractivity contribution is 5.94. The maximum Gasteiger partial charge on any atom is 0.261 e. The number of benzene rings is 2. The van der Waals surface area contributed by atoms with Gasteiger partial charge in [0.15, 0.2) is 0 Å². The number of H-pyrrole nitrogens is 1. The van der Waals surface area contributed by atoms with E-state index in [4.69, 9.17) is 0 Å². The molecule has 2 aromatic carbocycles. The fourth-order valence-electron chi connectivity index (χ4n) is 4.15. The molecule has 0 saturated carbocycles. The van der Waals surface area contributed by atoms with Gasteiger partial charge in [0.05, 0.1) is 0 Å². The Morgan fingerprint density at radius 3 is 2.55 bits per heavy atom. The summed E-state index contributed by atoms with van der Waals surface area (Å²) in [5.74, 6) is -0.185. The second kappa shape index (κ2) is 9.31. The number of aromatic amines is 1. The van der Waals surface area contributed by atoms with Gasteiger partial charge in [0.1, 0.15) is 5.56 Å². The predicted octanol–water partition coefficient (Wildman–Crippen LogP) is 4.01. The van der Waals surface area contributed by atoms with Crippen LogP contribution in [0.5, 0.6) is 0 Å². The molecule has 0 spiro atoms. The first-order valence-electron chi connectivity index (χ1n) is 10.9. The van der Waals surface area contributed by atoms with Gasteiger partial charge >= 0.3 is 0 Å². The molecule has 0 aliphatic carbocycles. The van der Waals surface area contributed by atoms with Gasteiger partial charge in [-0.2, -0.15) is 0 Å². The number of amides is 1. The number of aryl methyl sites for hydroxylation is 2. The monoisotopic (exact) mass is 415 g/mol. The molecule has 1 amide bonds. The van der Waals surface area contributed by atoms with Crippen molar-refractivity contribution in [2.75, 3.05) is 26.2 Å². The van der Waals surface area contributed by atoms with Crippen LogP contribution in [0, 0.1) is 13.8 Å². The van der Waals surface area contributed by atoms with E-state index in [-0.39, 0.29) is 17.0 Å². The normalized spacial score (nSPS) is 15.0. The van der Waals surface area contributed by atoms with Gasteiger partial charge in [0, 0.05) is 38.4 Å². The molecule has 1 aliphatic heterocycles. The molecule has 0 bridgehead atoms. The topological polar surface area (TPSA) is 56.4 Å². The van der Waals surface area contributed by atoms with Crippen molar-refractivity contribution < 1.29 is 4.79 Å². The Hall–Kier alpha value is -3.18. The molecule has 1 saturated heterocycles. The zero-order valence-corrected chi connectivity index (χ0v) is 18.2. The van der Waals surface area contributed by atoms with Gasteiger partial charge in [0.25, 0.3) is 11.5 Å².